The summed E-state index contributed by atoms with van der Waals surface area (Å²) in [6.07, 6.45) is 1.18. The minimum Gasteiger partial charge on any atom is -0.484 e. The van der Waals surface area contributed by atoms with Crippen LogP contribution in [0.2, 0.25) is 0 Å². The maximum absolute atomic E-state index is 13.2. The number of ether oxygens (including phenoxy) is 2. The number of aryl methyl sites for hydroxylation is 1. The molecule has 1 fully saturated rings. The number of halogens is 1. The number of carbonyl (C=O) groups excluding carboxylic acids is 2. The number of likely N-dealkylation sites (tertiary alicyclic amines) is 1. The van der Waals surface area contributed by atoms with Crippen LogP contribution in [0, 0.1) is 12.7 Å². The highest BCUT2D eigenvalue weighted by atomic mass is 19.1. The fourth-order valence-electron chi connectivity index (χ4n) is 3.61. The van der Waals surface area contributed by atoms with Gasteiger partial charge >= 0.3 is 0 Å². The van der Waals surface area contributed by atoms with Gasteiger partial charge in [0.25, 0.3) is 11.8 Å². The number of carbonyl (C=O) groups is 2. The van der Waals surface area contributed by atoms with Gasteiger partial charge in [-0.3, -0.25) is 9.59 Å². The summed E-state index contributed by atoms with van der Waals surface area (Å²) in [5.41, 5.74) is 0.837. The number of benzene rings is 2. The highest BCUT2D eigenvalue weighted by Gasteiger charge is 2.41. The van der Waals surface area contributed by atoms with E-state index in [0.29, 0.717) is 43.9 Å². The third-order valence-corrected chi connectivity index (χ3v) is 5.33. The number of methoxy groups -OCH3 is 1. The Morgan fingerprint density at radius 1 is 1.20 bits per heavy atom. The topological polar surface area (TPSA) is 67.9 Å². The minimum atomic E-state index is -0.597. The number of nitrogens with one attached hydrogen (secondary N) is 1. The van der Waals surface area contributed by atoms with Crippen LogP contribution in [0.15, 0.2) is 48.5 Å². The Kier molecular flexibility index (Phi) is 7.05. The van der Waals surface area contributed by atoms with E-state index in [0.717, 1.165) is 5.56 Å². The zero-order valence-corrected chi connectivity index (χ0v) is 17.3. The van der Waals surface area contributed by atoms with Gasteiger partial charge in [-0.1, -0.05) is 12.1 Å². The molecule has 0 bridgehead atoms. The lowest BCUT2D eigenvalue weighted by Gasteiger charge is -2.30. The first-order valence-corrected chi connectivity index (χ1v) is 9.95. The minimum absolute atomic E-state index is 0.0598. The zero-order valence-electron chi connectivity index (χ0n) is 17.3. The fourth-order valence-corrected chi connectivity index (χ4v) is 3.61. The Labute approximate surface area is 176 Å². The molecule has 1 unspecified atom stereocenters. The van der Waals surface area contributed by atoms with E-state index in [4.69, 9.17) is 9.47 Å². The maximum atomic E-state index is 13.2. The van der Waals surface area contributed by atoms with E-state index in [-0.39, 0.29) is 18.4 Å². The van der Waals surface area contributed by atoms with E-state index in [1.807, 2.05) is 31.2 Å². The molecule has 1 atom stereocenters. The maximum Gasteiger partial charge on any atom is 0.260 e. The summed E-state index contributed by atoms with van der Waals surface area (Å²) in [4.78, 5) is 27.1. The molecule has 0 saturated carbocycles. The molecule has 160 valence electrons. The quantitative estimate of drug-likeness (QED) is 0.721. The Balaban J connectivity index is 1.63. The van der Waals surface area contributed by atoms with Crippen molar-refractivity contribution in [1.29, 1.82) is 0 Å². The van der Waals surface area contributed by atoms with E-state index in [1.165, 1.54) is 24.3 Å². The van der Waals surface area contributed by atoms with Crippen molar-refractivity contribution in [1.82, 2.24) is 10.2 Å². The molecule has 1 saturated heterocycles. The predicted molar refractivity (Wildman–Crippen MR) is 111 cm³/mol. The molecule has 2 aromatic carbocycles. The van der Waals surface area contributed by atoms with Gasteiger partial charge in [-0.2, -0.15) is 0 Å². The molecular formula is C23H27FN2O4. The number of hydrogen-bond donors (Lipinski definition) is 1. The van der Waals surface area contributed by atoms with Gasteiger partial charge < -0.3 is 19.7 Å². The standard InChI is InChI=1S/C23H27FN2O4/c1-17-4-3-5-20(14-17)30-15-21(27)26-12-10-23(16-26,11-13-29-2)25-22(28)18-6-8-19(24)9-7-18/h3-9,14H,10-13,15-16H2,1-2H3,(H,25,28). The molecule has 0 aliphatic carbocycles. The largest absolute Gasteiger partial charge is 0.484 e. The molecule has 0 radical (unpaired) electrons. The lowest BCUT2D eigenvalue weighted by atomic mass is 9.94. The second-order valence-electron chi connectivity index (χ2n) is 7.65. The van der Waals surface area contributed by atoms with Crippen LogP contribution in [0.4, 0.5) is 4.39 Å². The molecule has 1 N–H and O–H groups in total. The first-order chi connectivity index (χ1) is 14.4. The Bertz CT molecular complexity index is 887. The van der Waals surface area contributed by atoms with Gasteiger partial charge in [0.1, 0.15) is 11.6 Å². The van der Waals surface area contributed by atoms with Gasteiger partial charge in [0.2, 0.25) is 0 Å². The van der Waals surface area contributed by atoms with E-state index in [9.17, 15) is 14.0 Å². The summed E-state index contributed by atoms with van der Waals surface area (Å²) in [6, 6.07) is 12.9. The van der Waals surface area contributed by atoms with E-state index < -0.39 is 11.4 Å². The normalized spacial score (nSPS) is 18.3. The fraction of sp³-hybridized carbons (Fsp3) is 0.391. The third kappa shape index (κ3) is 5.57. The second-order valence-corrected chi connectivity index (χ2v) is 7.65. The molecular weight excluding hydrogens is 387 g/mol. The third-order valence-electron chi connectivity index (χ3n) is 5.33. The molecule has 1 aliphatic heterocycles. The van der Waals surface area contributed by atoms with Crippen molar-refractivity contribution in [3.63, 3.8) is 0 Å². The number of nitrogens with zero attached hydrogens (tertiary/aromatic N) is 1. The number of hydrogen-bond acceptors (Lipinski definition) is 4. The van der Waals surface area contributed by atoms with Crippen LogP contribution in [-0.4, -0.2) is 55.7 Å². The molecule has 1 heterocycles. The van der Waals surface area contributed by atoms with Crippen LogP contribution in [0.3, 0.4) is 0 Å². The van der Waals surface area contributed by atoms with E-state index >= 15 is 0 Å². The Hall–Kier alpha value is -2.93. The molecule has 30 heavy (non-hydrogen) atoms. The van der Waals surface area contributed by atoms with Crippen LogP contribution >= 0.6 is 0 Å². The van der Waals surface area contributed by atoms with E-state index in [2.05, 4.69) is 5.32 Å². The first-order valence-electron chi connectivity index (χ1n) is 9.95. The Morgan fingerprint density at radius 3 is 2.67 bits per heavy atom. The van der Waals surface area contributed by atoms with Crippen LogP contribution < -0.4 is 10.1 Å². The average molecular weight is 414 g/mol. The van der Waals surface area contributed by atoms with Crippen molar-refractivity contribution in [3.8, 4) is 5.75 Å². The van der Waals surface area contributed by atoms with Crippen molar-refractivity contribution in [3.05, 3.63) is 65.5 Å². The van der Waals surface area contributed by atoms with Gasteiger partial charge in [-0.15, -0.1) is 0 Å². The summed E-state index contributed by atoms with van der Waals surface area (Å²) in [6.45, 7) is 3.24. The lowest BCUT2D eigenvalue weighted by molar-refractivity contribution is -0.132. The van der Waals surface area contributed by atoms with Crippen LogP contribution in [0.25, 0.3) is 0 Å². The predicted octanol–water partition coefficient (Wildman–Crippen LogP) is 2.95. The van der Waals surface area contributed by atoms with Crippen molar-refractivity contribution >= 4 is 11.8 Å². The zero-order chi connectivity index (χ0) is 21.6. The van der Waals surface area contributed by atoms with Crippen molar-refractivity contribution < 1.29 is 23.5 Å². The summed E-state index contributed by atoms with van der Waals surface area (Å²) < 4.78 is 24.0. The Morgan fingerprint density at radius 2 is 1.97 bits per heavy atom. The molecule has 2 amide bonds. The summed E-state index contributed by atoms with van der Waals surface area (Å²) >= 11 is 0. The first kappa shape index (κ1) is 21.8. The molecule has 7 heteroatoms. The lowest BCUT2D eigenvalue weighted by Crippen LogP contribution is -2.52. The van der Waals surface area contributed by atoms with Gasteiger partial charge in [-0.25, -0.2) is 4.39 Å². The number of rotatable bonds is 8. The highest BCUT2D eigenvalue weighted by molar-refractivity contribution is 5.94. The van der Waals surface area contributed by atoms with Crippen molar-refractivity contribution in [2.45, 2.75) is 25.3 Å². The van der Waals surface area contributed by atoms with Crippen LogP contribution in [0.1, 0.15) is 28.8 Å². The molecule has 2 aromatic rings. The summed E-state index contributed by atoms with van der Waals surface area (Å²) in [7, 11) is 1.60. The average Bonchev–Trinajstić information content (AvgIpc) is 3.15. The van der Waals surface area contributed by atoms with Gasteiger partial charge in [0, 0.05) is 32.4 Å². The number of amides is 2. The van der Waals surface area contributed by atoms with Crippen molar-refractivity contribution in [2.24, 2.45) is 0 Å². The molecule has 6 nitrogen and oxygen atoms in total. The second kappa shape index (κ2) is 9.71. The monoisotopic (exact) mass is 414 g/mol. The van der Waals surface area contributed by atoms with Crippen molar-refractivity contribution in [2.75, 3.05) is 33.4 Å². The SMILES string of the molecule is COCCC1(NC(=O)c2ccc(F)cc2)CCN(C(=O)COc2cccc(C)c2)C1. The van der Waals surface area contributed by atoms with Gasteiger partial charge in [-0.05, 0) is 61.7 Å². The van der Waals surface area contributed by atoms with Crippen LogP contribution in [-0.2, 0) is 9.53 Å². The molecule has 0 spiro atoms. The summed E-state index contributed by atoms with van der Waals surface area (Å²) in [5, 5.41) is 3.05. The highest BCUT2D eigenvalue weighted by Crippen LogP contribution is 2.26. The van der Waals surface area contributed by atoms with Gasteiger partial charge in [0.15, 0.2) is 6.61 Å². The molecule has 1 aliphatic rings. The van der Waals surface area contributed by atoms with E-state index in [1.54, 1.807) is 12.0 Å². The van der Waals surface area contributed by atoms with Crippen LogP contribution in [0.5, 0.6) is 5.75 Å². The smallest absolute Gasteiger partial charge is 0.260 e. The summed E-state index contributed by atoms with van der Waals surface area (Å²) in [5.74, 6) is -0.173. The molecule has 3 rings (SSSR count). The molecule has 0 aromatic heterocycles. The van der Waals surface area contributed by atoms with Gasteiger partial charge in [0.05, 0.1) is 5.54 Å².